The van der Waals surface area contributed by atoms with E-state index in [1.807, 2.05) is 0 Å². The molecule has 80 valence electrons. The third kappa shape index (κ3) is 3.55. The molecule has 0 amide bonds. The van der Waals surface area contributed by atoms with Gasteiger partial charge in [-0.05, 0) is 11.6 Å². The van der Waals surface area contributed by atoms with Gasteiger partial charge in [-0.15, -0.1) is 24.8 Å². The zero-order chi connectivity index (χ0) is 10.8. The molecule has 0 aromatic rings. The van der Waals surface area contributed by atoms with Gasteiger partial charge in [0.1, 0.15) is 5.84 Å². The average molecular weight is 229 g/mol. The van der Waals surface area contributed by atoms with Gasteiger partial charge in [-0.25, -0.2) is 4.99 Å². The first-order chi connectivity index (χ1) is 6.40. The van der Waals surface area contributed by atoms with Crippen LogP contribution in [-0.2, 0) is 4.74 Å². The summed E-state index contributed by atoms with van der Waals surface area (Å²) < 4.78 is 39.2. The van der Waals surface area contributed by atoms with E-state index in [1.165, 1.54) is 6.08 Å². The number of rotatable bonds is 2. The van der Waals surface area contributed by atoms with Crippen LogP contribution in [0.4, 0.5) is 13.2 Å². The van der Waals surface area contributed by atoms with E-state index in [-0.39, 0.29) is 18.1 Å². The van der Waals surface area contributed by atoms with Gasteiger partial charge in [-0.1, -0.05) is 0 Å². The van der Waals surface area contributed by atoms with Gasteiger partial charge in [0.15, 0.2) is 6.23 Å². The van der Waals surface area contributed by atoms with Crippen molar-refractivity contribution in [2.75, 3.05) is 5.88 Å². The van der Waals surface area contributed by atoms with Crippen LogP contribution >= 0.6 is 11.6 Å². The van der Waals surface area contributed by atoms with Crippen LogP contribution in [0.1, 0.15) is 6.42 Å². The van der Waals surface area contributed by atoms with Crippen LogP contribution in [0, 0.1) is 0 Å². The number of alkyl halides is 4. The van der Waals surface area contributed by atoms with E-state index < -0.39 is 12.6 Å². The van der Waals surface area contributed by atoms with Crippen molar-refractivity contribution >= 4 is 17.4 Å². The Labute approximate surface area is 83.4 Å². The number of nitrogens with two attached hydrogens (primary N) is 1. The molecule has 2 N–H and O–H groups in total. The van der Waals surface area contributed by atoms with Gasteiger partial charge in [0.05, 0.1) is 0 Å². The fraction of sp³-hybridized carbons (Fsp3) is 0.571. The molecule has 0 saturated heterocycles. The highest BCUT2D eigenvalue weighted by Crippen LogP contribution is 2.24. The number of halogens is 4. The van der Waals surface area contributed by atoms with Gasteiger partial charge in [-0.3, -0.25) is 4.74 Å². The average Bonchev–Trinajstić information content (AvgIpc) is 1.99. The van der Waals surface area contributed by atoms with Gasteiger partial charge < -0.3 is 5.73 Å². The molecule has 1 atom stereocenters. The number of amidine groups is 1. The Balaban J connectivity index is 2.64. The maximum atomic E-state index is 11.8. The van der Waals surface area contributed by atoms with Gasteiger partial charge in [0.2, 0.25) is 0 Å². The predicted octanol–water partition coefficient (Wildman–Crippen LogP) is 1.78. The van der Waals surface area contributed by atoms with E-state index in [1.54, 1.807) is 0 Å². The Morgan fingerprint density at radius 1 is 1.64 bits per heavy atom. The molecule has 1 unspecified atom stereocenters. The van der Waals surface area contributed by atoms with Crippen molar-refractivity contribution in [1.82, 2.24) is 0 Å². The van der Waals surface area contributed by atoms with Gasteiger partial charge >= 0.3 is 6.36 Å². The Morgan fingerprint density at radius 3 is 2.79 bits per heavy atom. The smallest absolute Gasteiger partial charge is 0.384 e. The largest absolute Gasteiger partial charge is 0.524 e. The molecule has 1 heterocycles. The molecule has 0 aromatic carbocycles. The van der Waals surface area contributed by atoms with Crippen LogP contribution in [0.15, 0.2) is 16.6 Å². The minimum absolute atomic E-state index is 0.00106. The lowest BCUT2D eigenvalue weighted by molar-refractivity contribution is -0.341. The van der Waals surface area contributed by atoms with Gasteiger partial charge in [-0.2, -0.15) is 0 Å². The summed E-state index contributed by atoms with van der Waals surface area (Å²) in [6.45, 7) is 0. The molecule has 1 aliphatic rings. The molecule has 14 heavy (non-hydrogen) atoms. The SMILES string of the molecule is NC1=NC(OC(F)(F)F)CC(CCl)=C1. The van der Waals surface area contributed by atoms with E-state index in [9.17, 15) is 13.2 Å². The van der Waals surface area contributed by atoms with E-state index in [0.29, 0.717) is 5.57 Å². The molecule has 0 bridgehead atoms. The van der Waals surface area contributed by atoms with Crippen LogP contribution in [0.2, 0.25) is 0 Å². The van der Waals surface area contributed by atoms with Crippen LogP contribution < -0.4 is 5.73 Å². The summed E-state index contributed by atoms with van der Waals surface area (Å²) in [5.74, 6) is 0.120. The lowest BCUT2D eigenvalue weighted by atomic mass is 10.1. The first-order valence-corrected chi connectivity index (χ1v) is 4.27. The number of nitrogens with zero attached hydrogens (tertiary/aromatic N) is 1. The second kappa shape index (κ2) is 4.18. The molecule has 0 aromatic heterocycles. The molecule has 7 heteroatoms. The van der Waals surface area contributed by atoms with Crippen LogP contribution in [-0.4, -0.2) is 24.3 Å². The fourth-order valence-electron chi connectivity index (χ4n) is 1.06. The van der Waals surface area contributed by atoms with Crippen molar-refractivity contribution in [2.45, 2.75) is 19.0 Å². The minimum Gasteiger partial charge on any atom is -0.384 e. The summed E-state index contributed by atoms with van der Waals surface area (Å²) in [6.07, 6.45) is -4.55. The van der Waals surface area contributed by atoms with E-state index in [2.05, 4.69) is 9.73 Å². The first kappa shape index (κ1) is 11.3. The minimum atomic E-state index is -4.71. The molecule has 0 fully saturated rings. The molecule has 0 radical (unpaired) electrons. The summed E-state index contributed by atoms with van der Waals surface area (Å²) in [5.41, 5.74) is 5.85. The van der Waals surface area contributed by atoms with Crippen LogP contribution in [0.3, 0.4) is 0 Å². The summed E-state index contributed by atoms with van der Waals surface area (Å²) in [4.78, 5) is 3.48. The highest BCUT2D eigenvalue weighted by molar-refractivity contribution is 6.19. The molecule has 0 saturated carbocycles. The van der Waals surface area contributed by atoms with Crippen molar-refractivity contribution in [3.8, 4) is 0 Å². The normalized spacial score (nSPS) is 23.0. The Bertz CT molecular complexity index is 275. The molecule has 3 nitrogen and oxygen atoms in total. The first-order valence-electron chi connectivity index (χ1n) is 3.74. The van der Waals surface area contributed by atoms with E-state index in [0.717, 1.165) is 0 Å². The highest BCUT2D eigenvalue weighted by atomic mass is 35.5. The van der Waals surface area contributed by atoms with E-state index >= 15 is 0 Å². The second-order valence-corrected chi connectivity index (χ2v) is 2.98. The number of ether oxygens (including phenoxy) is 1. The highest BCUT2D eigenvalue weighted by Gasteiger charge is 2.34. The topological polar surface area (TPSA) is 47.6 Å². The van der Waals surface area contributed by atoms with Crippen LogP contribution in [0.5, 0.6) is 0 Å². The van der Waals surface area contributed by atoms with Crippen molar-refractivity contribution in [1.29, 1.82) is 0 Å². The Hall–Kier alpha value is -0.750. The quantitative estimate of drug-likeness (QED) is 0.733. The van der Waals surface area contributed by atoms with E-state index in [4.69, 9.17) is 17.3 Å². The van der Waals surface area contributed by atoms with Crippen molar-refractivity contribution < 1.29 is 17.9 Å². The molecule has 1 aliphatic heterocycles. The molecular weight excluding hydrogens is 221 g/mol. The van der Waals surface area contributed by atoms with Gasteiger partial charge in [0.25, 0.3) is 0 Å². The zero-order valence-corrected chi connectivity index (χ0v) is 7.77. The summed E-state index contributed by atoms with van der Waals surface area (Å²) in [7, 11) is 0. The van der Waals surface area contributed by atoms with Crippen molar-refractivity contribution in [3.63, 3.8) is 0 Å². The maximum Gasteiger partial charge on any atom is 0.524 e. The predicted molar refractivity (Wildman–Crippen MR) is 46.0 cm³/mol. The van der Waals surface area contributed by atoms with Crippen LogP contribution in [0.25, 0.3) is 0 Å². The molecular formula is C7H8ClF3N2O. The molecule has 0 aliphatic carbocycles. The number of dihydropyridines is 1. The summed E-state index contributed by atoms with van der Waals surface area (Å²) >= 11 is 5.47. The summed E-state index contributed by atoms with van der Waals surface area (Å²) in [6, 6.07) is 0. The maximum absolute atomic E-state index is 11.8. The van der Waals surface area contributed by atoms with Crippen molar-refractivity contribution in [3.05, 3.63) is 11.6 Å². The third-order valence-corrected chi connectivity index (χ3v) is 1.87. The lowest BCUT2D eigenvalue weighted by Gasteiger charge is -2.20. The standard InChI is InChI=1S/C7H8ClF3N2O/c8-3-4-1-5(12)13-6(2-4)14-7(9,10)11/h1,6H,2-3H2,(H2,12,13). The number of aliphatic imine (C=N–C) groups is 1. The number of hydrogen-bond acceptors (Lipinski definition) is 3. The van der Waals surface area contributed by atoms with Crippen molar-refractivity contribution in [2.24, 2.45) is 10.7 Å². The molecule has 0 spiro atoms. The summed E-state index contributed by atoms with van der Waals surface area (Å²) in [5, 5.41) is 0. The Morgan fingerprint density at radius 2 is 2.29 bits per heavy atom. The number of hydrogen-bond donors (Lipinski definition) is 1. The van der Waals surface area contributed by atoms with Gasteiger partial charge in [0, 0.05) is 12.3 Å². The molecule has 1 rings (SSSR count). The zero-order valence-electron chi connectivity index (χ0n) is 7.01. The Kier molecular flexibility index (Phi) is 3.38. The monoisotopic (exact) mass is 228 g/mol. The second-order valence-electron chi connectivity index (χ2n) is 2.71. The fourth-order valence-corrected chi connectivity index (χ4v) is 1.24. The lowest BCUT2D eigenvalue weighted by Crippen LogP contribution is -2.28. The third-order valence-electron chi connectivity index (χ3n) is 1.52.